The fraction of sp³-hybridized carbons (Fsp3) is 0.167. The molecule has 0 aliphatic carbocycles. The van der Waals surface area contributed by atoms with E-state index in [2.05, 4.69) is 20.1 Å². The Morgan fingerprint density at radius 3 is 2.40 bits per heavy atom. The quantitative estimate of drug-likeness (QED) is 0.301. The number of anilines is 1. The molecule has 1 aromatic carbocycles. The standard InChI is InChI=1S/C24H19F4N7/c1-11-20(12(2)34(3)33-11)15-9-30-24(32-23(15)29)22-18-7-4-13(25)10-35(18)19(31-22)8-14-16(26)5-6-17(27)21(14)28/h4-7,9-10H,8H2,1-3H3,(H2,29,30,32). The third kappa shape index (κ3) is 3.69. The van der Waals surface area contributed by atoms with Crippen LogP contribution >= 0.6 is 0 Å². The number of hydrogen-bond donors (Lipinski definition) is 1. The zero-order valence-electron chi connectivity index (χ0n) is 18.9. The Hall–Kier alpha value is -4.28. The summed E-state index contributed by atoms with van der Waals surface area (Å²) >= 11 is 0. The molecule has 0 atom stereocenters. The van der Waals surface area contributed by atoms with Crippen molar-refractivity contribution in [1.29, 1.82) is 0 Å². The van der Waals surface area contributed by atoms with Crippen molar-refractivity contribution in [1.82, 2.24) is 29.1 Å². The Bertz CT molecular complexity index is 1620. The lowest BCUT2D eigenvalue weighted by Gasteiger charge is -2.07. The van der Waals surface area contributed by atoms with Gasteiger partial charge in [-0.15, -0.1) is 0 Å². The largest absolute Gasteiger partial charge is 0.383 e. The highest BCUT2D eigenvalue weighted by molar-refractivity contribution is 5.80. The van der Waals surface area contributed by atoms with Crippen LogP contribution in [-0.2, 0) is 13.5 Å². The van der Waals surface area contributed by atoms with Crippen LogP contribution < -0.4 is 5.73 Å². The summed E-state index contributed by atoms with van der Waals surface area (Å²) in [5, 5.41) is 4.39. The minimum Gasteiger partial charge on any atom is -0.383 e. The molecule has 0 saturated heterocycles. The van der Waals surface area contributed by atoms with Crippen molar-refractivity contribution >= 4 is 11.3 Å². The van der Waals surface area contributed by atoms with E-state index >= 15 is 0 Å². The summed E-state index contributed by atoms with van der Waals surface area (Å²) in [6.07, 6.45) is 2.24. The van der Waals surface area contributed by atoms with Crippen LogP contribution in [0.3, 0.4) is 0 Å². The minimum atomic E-state index is -1.33. The van der Waals surface area contributed by atoms with Crippen molar-refractivity contribution in [3.05, 3.63) is 82.7 Å². The Balaban J connectivity index is 1.64. The zero-order valence-corrected chi connectivity index (χ0v) is 18.9. The van der Waals surface area contributed by atoms with Crippen LogP contribution in [0.4, 0.5) is 23.4 Å². The molecule has 0 aliphatic rings. The molecule has 11 heteroatoms. The number of halogens is 4. The number of pyridine rings is 1. The number of imidazole rings is 1. The summed E-state index contributed by atoms with van der Waals surface area (Å²) in [4.78, 5) is 13.3. The first-order chi connectivity index (χ1) is 16.7. The average Bonchev–Trinajstić information content (AvgIpc) is 3.29. The highest BCUT2D eigenvalue weighted by Gasteiger charge is 2.22. The second-order valence-corrected chi connectivity index (χ2v) is 8.14. The van der Waals surface area contributed by atoms with Crippen molar-refractivity contribution in [3.8, 4) is 22.6 Å². The first kappa shape index (κ1) is 22.5. The molecule has 178 valence electrons. The van der Waals surface area contributed by atoms with Gasteiger partial charge in [-0.25, -0.2) is 32.5 Å². The maximum absolute atomic E-state index is 14.3. The number of fused-ring (bicyclic) bond motifs is 1. The predicted molar refractivity (Wildman–Crippen MR) is 121 cm³/mol. The summed E-state index contributed by atoms with van der Waals surface area (Å²) < 4.78 is 59.4. The number of benzene rings is 1. The number of aromatic nitrogens is 6. The molecule has 0 radical (unpaired) electrons. The second-order valence-electron chi connectivity index (χ2n) is 8.14. The summed E-state index contributed by atoms with van der Waals surface area (Å²) in [5.74, 6) is -3.66. The van der Waals surface area contributed by atoms with Gasteiger partial charge in [0, 0.05) is 48.2 Å². The van der Waals surface area contributed by atoms with Crippen molar-refractivity contribution in [3.63, 3.8) is 0 Å². The van der Waals surface area contributed by atoms with Gasteiger partial charge in [0.2, 0.25) is 0 Å². The monoisotopic (exact) mass is 481 g/mol. The molecular formula is C24H19F4N7. The first-order valence-corrected chi connectivity index (χ1v) is 10.6. The Kier molecular flexibility index (Phi) is 5.27. The van der Waals surface area contributed by atoms with Gasteiger partial charge in [-0.05, 0) is 38.1 Å². The van der Waals surface area contributed by atoms with Gasteiger partial charge in [0.15, 0.2) is 17.5 Å². The van der Waals surface area contributed by atoms with Gasteiger partial charge in [0.1, 0.15) is 29.0 Å². The Morgan fingerprint density at radius 2 is 1.71 bits per heavy atom. The van der Waals surface area contributed by atoms with Gasteiger partial charge in [0.25, 0.3) is 0 Å². The fourth-order valence-electron chi connectivity index (χ4n) is 4.17. The number of nitrogens with zero attached hydrogens (tertiary/aromatic N) is 6. The van der Waals surface area contributed by atoms with Gasteiger partial charge in [-0.3, -0.25) is 9.08 Å². The van der Waals surface area contributed by atoms with Crippen molar-refractivity contribution in [2.45, 2.75) is 20.3 Å². The molecule has 0 unspecified atom stereocenters. The molecular weight excluding hydrogens is 462 g/mol. The van der Waals surface area contributed by atoms with Gasteiger partial charge < -0.3 is 5.73 Å². The van der Waals surface area contributed by atoms with Crippen LogP contribution in [0.15, 0.2) is 36.7 Å². The number of nitrogen functional groups attached to an aromatic ring is 1. The molecule has 0 aliphatic heterocycles. The molecule has 5 rings (SSSR count). The van der Waals surface area contributed by atoms with E-state index in [1.54, 1.807) is 10.9 Å². The highest BCUT2D eigenvalue weighted by Crippen LogP contribution is 2.32. The van der Waals surface area contributed by atoms with Crippen molar-refractivity contribution in [2.75, 3.05) is 5.73 Å². The molecule has 0 spiro atoms. The topological polar surface area (TPSA) is 86.9 Å². The summed E-state index contributed by atoms with van der Waals surface area (Å²) in [6.45, 7) is 3.75. The number of rotatable bonds is 4. The average molecular weight is 481 g/mol. The molecule has 0 saturated carbocycles. The number of nitrogens with two attached hydrogens (primary N) is 1. The lowest BCUT2D eigenvalue weighted by Crippen LogP contribution is -2.04. The van der Waals surface area contributed by atoms with Crippen LogP contribution in [-0.4, -0.2) is 29.1 Å². The lowest BCUT2D eigenvalue weighted by atomic mass is 10.1. The fourth-order valence-corrected chi connectivity index (χ4v) is 4.17. The van der Waals surface area contributed by atoms with E-state index in [1.165, 1.54) is 16.5 Å². The van der Waals surface area contributed by atoms with E-state index in [4.69, 9.17) is 5.73 Å². The van der Waals surface area contributed by atoms with E-state index in [0.717, 1.165) is 29.2 Å². The summed E-state index contributed by atoms with van der Waals surface area (Å²) in [7, 11) is 1.82. The predicted octanol–water partition coefficient (Wildman–Crippen LogP) is 4.54. The second kappa shape index (κ2) is 8.19. The van der Waals surface area contributed by atoms with Crippen LogP contribution in [0, 0.1) is 37.1 Å². The molecule has 35 heavy (non-hydrogen) atoms. The molecule has 4 aromatic heterocycles. The van der Waals surface area contributed by atoms with Gasteiger partial charge in [0.05, 0.1) is 11.2 Å². The Labute approximate surface area is 196 Å². The van der Waals surface area contributed by atoms with E-state index in [-0.39, 0.29) is 23.2 Å². The molecule has 4 heterocycles. The molecule has 7 nitrogen and oxygen atoms in total. The third-order valence-corrected chi connectivity index (χ3v) is 5.96. The smallest absolute Gasteiger partial charge is 0.182 e. The minimum absolute atomic E-state index is 0.0723. The zero-order chi connectivity index (χ0) is 25.0. The van der Waals surface area contributed by atoms with E-state index in [9.17, 15) is 17.6 Å². The molecule has 0 amide bonds. The number of hydrogen-bond acceptors (Lipinski definition) is 5. The molecule has 5 aromatic rings. The van der Waals surface area contributed by atoms with Gasteiger partial charge >= 0.3 is 0 Å². The van der Waals surface area contributed by atoms with Crippen LogP contribution in [0.25, 0.3) is 28.2 Å². The SMILES string of the molecule is Cc1nn(C)c(C)c1-c1cnc(-c2nc(Cc3c(F)ccc(F)c3F)n3cc(F)ccc23)nc1N. The van der Waals surface area contributed by atoms with E-state index < -0.39 is 35.3 Å². The van der Waals surface area contributed by atoms with Crippen LogP contribution in [0.1, 0.15) is 22.8 Å². The Morgan fingerprint density at radius 1 is 0.971 bits per heavy atom. The molecule has 2 N–H and O–H groups in total. The lowest BCUT2D eigenvalue weighted by molar-refractivity contribution is 0.481. The summed E-state index contributed by atoms with van der Waals surface area (Å²) in [6, 6.07) is 4.19. The van der Waals surface area contributed by atoms with Crippen molar-refractivity contribution in [2.24, 2.45) is 7.05 Å². The van der Waals surface area contributed by atoms with Gasteiger partial charge in [-0.2, -0.15) is 5.10 Å². The maximum Gasteiger partial charge on any atom is 0.182 e. The molecule has 0 fully saturated rings. The van der Waals surface area contributed by atoms with E-state index in [0.29, 0.717) is 17.1 Å². The summed E-state index contributed by atoms with van der Waals surface area (Å²) in [5.41, 5.74) is 9.42. The molecule has 0 bridgehead atoms. The van der Waals surface area contributed by atoms with Crippen LogP contribution in [0.5, 0.6) is 0 Å². The third-order valence-electron chi connectivity index (χ3n) is 5.96. The normalized spacial score (nSPS) is 11.5. The van der Waals surface area contributed by atoms with Crippen LogP contribution in [0.2, 0.25) is 0 Å². The van der Waals surface area contributed by atoms with Crippen molar-refractivity contribution < 1.29 is 17.6 Å². The van der Waals surface area contributed by atoms with Gasteiger partial charge in [-0.1, -0.05) is 0 Å². The van der Waals surface area contributed by atoms with E-state index in [1.807, 2.05) is 20.9 Å². The maximum atomic E-state index is 14.3. The number of aryl methyl sites for hydroxylation is 2. The highest BCUT2D eigenvalue weighted by atomic mass is 19.2. The first-order valence-electron chi connectivity index (χ1n) is 10.6.